The predicted octanol–water partition coefficient (Wildman–Crippen LogP) is 5.43. The monoisotopic (exact) mass is 403 g/mol. The first-order chi connectivity index (χ1) is 13.4. The molecule has 3 nitrogen and oxygen atoms in total. The molecule has 0 bridgehead atoms. The summed E-state index contributed by atoms with van der Waals surface area (Å²) in [4.78, 5) is 12.0. The maximum absolute atomic E-state index is 13.9. The molecule has 2 aromatic heterocycles. The zero-order valence-corrected chi connectivity index (χ0v) is 15.2. The second-order valence-corrected chi connectivity index (χ2v) is 7.36. The standard InChI is InChI=1S/C20H13F4N3S/c21-19-25-14(8-12-4-2-1-3-5-12)10-15(26-19)11-18-27-16-7-6-13(20(22,23)24)9-17(16)28-18/h1-7,9-10H,8,11H2. The Hall–Kier alpha value is -2.87. The molecule has 142 valence electrons. The van der Waals surface area contributed by atoms with Gasteiger partial charge in [0.25, 0.3) is 0 Å². The first-order valence-corrected chi connectivity index (χ1v) is 9.21. The number of hydrogen-bond donors (Lipinski definition) is 0. The van der Waals surface area contributed by atoms with Gasteiger partial charge in [0.1, 0.15) is 0 Å². The summed E-state index contributed by atoms with van der Waals surface area (Å²) in [5, 5.41) is 0.568. The first kappa shape index (κ1) is 18.5. The molecule has 2 aromatic carbocycles. The van der Waals surface area contributed by atoms with Crippen molar-refractivity contribution >= 4 is 21.6 Å². The fourth-order valence-electron chi connectivity index (χ4n) is 2.88. The summed E-state index contributed by atoms with van der Waals surface area (Å²) < 4.78 is 52.9. The van der Waals surface area contributed by atoms with Crippen LogP contribution < -0.4 is 0 Å². The van der Waals surface area contributed by atoms with Crippen molar-refractivity contribution in [2.24, 2.45) is 0 Å². The third-order valence-electron chi connectivity index (χ3n) is 4.13. The molecule has 0 aliphatic heterocycles. The summed E-state index contributed by atoms with van der Waals surface area (Å²) in [5.74, 6) is 0. The van der Waals surface area contributed by atoms with Crippen LogP contribution in [0.15, 0.2) is 54.6 Å². The van der Waals surface area contributed by atoms with Gasteiger partial charge in [-0.1, -0.05) is 30.3 Å². The molecular weight excluding hydrogens is 390 g/mol. The first-order valence-electron chi connectivity index (χ1n) is 8.40. The molecule has 8 heteroatoms. The molecule has 0 saturated carbocycles. The molecule has 0 atom stereocenters. The second-order valence-electron chi connectivity index (χ2n) is 6.25. The van der Waals surface area contributed by atoms with E-state index in [-0.39, 0.29) is 6.42 Å². The summed E-state index contributed by atoms with van der Waals surface area (Å²) in [6, 6.07) is 14.7. The van der Waals surface area contributed by atoms with E-state index in [0.29, 0.717) is 33.0 Å². The lowest BCUT2D eigenvalue weighted by Crippen LogP contribution is -2.03. The Morgan fingerprint density at radius 2 is 1.54 bits per heavy atom. The number of alkyl halides is 3. The number of halogens is 4. The maximum Gasteiger partial charge on any atom is 0.416 e. The van der Waals surface area contributed by atoms with Crippen LogP contribution in [0.1, 0.15) is 27.5 Å². The molecule has 2 heterocycles. The lowest BCUT2D eigenvalue weighted by atomic mass is 10.1. The fraction of sp³-hybridized carbons (Fsp3) is 0.150. The van der Waals surface area contributed by atoms with Gasteiger partial charge < -0.3 is 0 Å². The van der Waals surface area contributed by atoms with Gasteiger partial charge in [-0.2, -0.15) is 17.6 Å². The van der Waals surface area contributed by atoms with Crippen LogP contribution in [0.3, 0.4) is 0 Å². The summed E-state index contributed by atoms with van der Waals surface area (Å²) in [6.07, 6.45) is -4.55. The number of thiazole rings is 1. The predicted molar refractivity (Wildman–Crippen MR) is 98.7 cm³/mol. The van der Waals surface area contributed by atoms with Crippen LogP contribution in [0.25, 0.3) is 10.2 Å². The van der Waals surface area contributed by atoms with Crippen molar-refractivity contribution in [2.75, 3.05) is 0 Å². The third-order valence-corrected chi connectivity index (χ3v) is 5.14. The van der Waals surface area contributed by atoms with Crippen LogP contribution in [-0.4, -0.2) is 15.0 Å². The van der Waals surface area contributed by atoms with E-state index in [2.05, 4.69) is 15.0 Å². The van der Waals surface area contributed by atoms with Gasteiger partial charge >= 0.3 is 12.3 Å². The summed E-state index contributed by atoms with van der Waals surface area (Å²) in [6.45, 7) is 0. The van der Waals surface area contributed by atoms with Crippen LogP contribution >= 0.6 is 11.3 Å². The van der Waals surface area contributed by atoms with Gasteiger partial charge in [-0.05, 0) is 29.8 Å². The maximum atomic E-state index is 13.9. The summed E-state index contributed by atoms with van der Waals surface area (Å²) in [7, 11) is 0. The minimum absolute atomic E-state index is 0.224. The van der Waals surface area contributed by atoms with Gasteiger partial charge in [0.2, 0.25) is 0 Å². The number of rotatable bonds is 4. The highest BCUT2D eigenvalue weighted by molar-refractivity contribution is 7.18. The van der Waals surface area contributed by atoms with Crippen molar-refractivity contribution in [3.8, 4) is 0 Å². The van der Waals surface area contributed by atoms with Crippen molar-refractivity contribution in [3.63, 3.8) is 0 Å². The molecule has 0 spiro atoms. The summed E-state index contributed by atoms with van der Waals surface area (Å²) in [5.41, 5.74) is 1.73. The number of nitrogens with zero attached hydrogens (tertiary/aromatic N) is 3. The molecule has 0 saturated heterocycles. The number of aromatic nitrogens is 3. The molecule has 0 aliphatic rings. The molecular formula is C20H13F4N3S. The Labute approximate surface area is 161 Å². The van der Waals surface area contributed by atoms with Crippen LogP contribution in [-0.2, 0) is 19.0 Å². The van der Waals surface area contributed by atoms with Crippen molar-refractivity contribution in [3.05, 3.63) is 88.2 Å². The average Bonchev–Trinajstić information content (AvgIpc) is 3.02. The van der Waals surface area contributed by atoms with Crippen molar-refractivity contribution in [2.45, 2.75) is 19.0 Å². The van der Waals surface area contributed by atoms with E-state index in [1.165, 1.54) is 6.07 Å². The SMILES string of the molecule is Fc1nc(Cc2ccccc2)cc(Cc2nc3ccc(C(F)(F)F)cc3s2)n1. The van der Waals surface area contributed by atoms with Gasteiger partial charge in [0, 0.05) is 12.8 Å². The Morgan fingerprint density at radius 1 is 0.821 bits per heavy atom. The van der Waals surface area contributed by atoms with Gasteiger partial charge in [0.15, 0.2) is 0 Å². The van der Waals surface area contributed by atoms with Crippen LogP contribution in [0.5, 0.6) is 0 Å². The largest absolute Gasteiger partial charge is 0.416 e. The quantitative estimate of drug-likeness (QED) is 0.337. The molecule has 0 aliphatic carbocycles. The number of benzene rings is 2. The topological polar surface area (TPSA) is 38.7 Å². The van der Waals surface area contributed by atoms with Crippen LogP contribution in [0.4, 0.5) is 17.6 Å². The van der Waals surface area contributed by atoms with E-state index >= 15 is 0 Å². The minimum Gasteiger partial charge on any atom is -0.241 e. The molecule has 0 unspecified atom stereocenters. The lowest BCUT2D eigenvalue weighted by molar-refractivity contribution is -0.137. The van der Waals surface area contributed by atoms with Crippen LogP contribution in [0, 0.1) is 6.08 Å². The van der Waals surface area contributed by atoms with E-state index in [1.54, 1.807) is 6.07 Å². The molecule has 0 radical (unpaired) electrons. The van der Waals surface area contributed by atoms with Gasteiger partial charge in [0.05, 0.1) is 32.2 Å². The molecule has 0 amide bonds. The highest BCUT2D eigenvalue weighted by Crippen LogP contribution is 2.33. The fourth-order valence-corrected chi connectivity index (χ4v) is 3.91. The third kappa shape index (κ3) is 4.17. The Kier molecular flexibility index (Phi) is 4.80. The lowest BCUT2D eigenvalue weighted by Gasteiger charge is -2.04. The molecule has 0 N–H and O–H groups in total. The second kappa shape index (κ2) is 7.27. The van der Waals surface area contributed by atoms with Gasteiger partial charge in [-0.25, -0.2) is 15.0 Å². The van der Waals surface area contributed by atoms with E-state index in [1.807, 2.05) is 30.3 Å². The average molecular weight is 403 g/mol. The zero-order chi connectivity index (χ0) is 19.7. The molecule has 4 aromatic rings. The van der Waals surface area contributed by atoms with E-state index in [9.17, 15) is 17.6 Å². The van der Waals surface area contributed by atoms with Crippen LogP contribution in [0.2, 0.25) is 0 Å². The molecule has 0 fully saturated rings. The van der Waals surface area contributed by atoms with Gasteiger partial charge in [-0.15, -0.1) is 11.3 Å². The highest BCUT2D eigenvalue weighted by atomic mass is 32.1. The number of fused-ring (bicyclic) bond motifs is 1. The Morgan fingerprint density at radius 3 is 2.25 bits per heavy atom. The van der Waals surface area contributed by atoms with Crippen molar-refractivity contribution in [1.29, 1.82) is 0 Å². The van der Waals surface area contributed by atoms with Crippen molar-refractivity contribution in [1.82, 2.24) is 15.0 Å². The highest BCUT2D eigenvalue weighted by Gasteiger charge is 2.30. The smallest absolute Gasteiger partial charge is 0.241 e. The normalized spacial score (nSPS) is 11.9. The zero-order valence-electron chi connectivity index (χ0n) is 14.4. The minimum atomic E-state index is -4.40. The van der Waals surface area contributed by atoms with Gasteiger partial charge in [-0.3, -0.25) is 0 Å². The van der Waals surface area contributed by atoms with Crippen molar-refractivity contribution < 1.29 is 17.6 Å². The van der Waals surface area contributed by atoms with E-state index in [0.717, 1.165) is 29.0 Å². The van der Waals surface area contributed by atoms with E-state index < -0.39 is 17.8 Å². The Bertz CT molecular complexity index is 1120. The number of hydrogen-bond acceptors (Lipinski definition) is 4. The molecule has 28 heavy (non-hydrogen) atoms. The summed E-state index contributed by atoms with van der Waals surface area (Å²) >= 11 is 1.14. The van der Waals surface area contributed by atoms with E-state index in [4.69, 9.17) is 0 Å². The molecule has 4 rings (SSSR count). The Balaban J connectivity index is 1.60.